The molecule has 1 aliphatic rings. The molecule has 6 nitrogen and oxygen atoms in total. The molecule has 0 aliphatic carbocycles. The molecule has 1 atom stereocenters. The van der Waals surface area contributed by atoms with E-state index in [1.54, 1.807) is 12.1 Å². The van der Waals surface area contributed by atoms with Crippen LogP contribution < -0.4 is 4.74 Å². The SMILES string of the molecule is COc1ccc(Cl)cc1C(=O)N1CCC[C@@H](c2nnc(C(F)(F)F)o2)C1. The zero-order chi connectivity index (χ0) is 18.9. The summed E-state index contributed by atoms with van der Waals surface area (Å²) in [5, 5.41) is 6.93. The van der Waals surface area contributed by atoms with E-state index in [9.17, 15) is 18.0 Å². The molecule has 1 aromatic carbocycles. The average molecular weight is 390 g/mol. The maximum Gasteiger partial charge on any atom is 0.470 e. The van der Waals surface area contributed by atoms with Crippen LogP contribution in [0.4, 0.5) is 13.2 Å². The predicted octanol–water partition coefficient (Wildman–Crippen LogP) is 3.77. The Labute approximate surface area is 151 Å². The Morgan fingerprint density at radius 3 is 2.81 bits per heavy atom. The van der Waals surface area contributed by atoms with Gasteiger partial charge in [0.25, 0.3) is 5.91 Å². The van der Waals surface area contributed by atoms with Crippen LogP contribution >= 0.6 is 11.6 Å². The predicted molar refractivity (Wildman–Crippen MR) is 85.2 cm³/mol. The topological polar surface area (TPSA) is 68.5 Å². The molecule has 2 heterocycles. The van der Waals surface area contributed by atoms with Gasteiger partial charge >= 0.3 is 12.1 Å². The number of rotatable bonds is 3. The Morgan fingerprint density at radius 2 is 2.15 bits per heavy atom. The number of benzene rings is 1. The Bertz CT molecular complexity index is 810. The largest absolute Gasteiger partial charge is 0.496 e. The quantitative estimate of drug-likeness (QED) is 0.799. The molecule has 0 spiro atoms. The second-order valence-corrected chi connectivity index (χ2v) is 6.31. The normalized spacial score (nSPS) is 18.0. The van der Waals surface area contributed by atoms with Crippen molar-refractivity contribution in [2.24, 2.45) is 0 Å². The van der Waals surface area contributed by atoms with Crippen molar-refractivity contribution >= 4 is 17.5 Å². The second-order valence-electron chi connectivity index (χ2n) is 5.88. The number of methoxy groups -OCH3 is 1. The van der Waals surface area contributed by atoms with Gasteiger partial charge in [0.05, 0.1) is 18.6 Å². The third-order valence-electron chi connectivity index (χ3n) is 4.13. The van der Waals surface area contributed by atoms with Crippen LogP contribution in [0.25, 0.3) is 0 Å². The number of ether oxygens (including phenoxy) is 1. The number of nitrogens with zero attached hydrogens (tertiary/aromatic N) is 3. The van der Waals surface area contributed by atoms with Crippen molar-refractivity contribution in [3.8, 4) is 5.75 Å². The van der Waals surface area contributed by atoms with Crippen LogP contribution in [0.3, 0.4) is 0 Å². The molecule has 0 N–H and O–H groups in total. The highest BCUT2D eigenvalue weighted by atomic mass is 35.5. The fourth-order valence-corrected chi connectivity index (χ4v) is 3.07. The number of carbonyl (C=O) groups excluding carboxylic acids is 1. The molecule has 0 radical (unpaired) electrons. The summed E-state index contributed by atoms with van der Waals surface area (Å²) in [6.07, 6.45) is -3.54. The van der Waals surface area contributed by atoms with Crippen molar-refractivity contribution < 1.29 is 27.1 Å². The van der Waals surface area contributed by atoms with E-state index in [-0.39, 0.29) is 18.3 Å². The van der Waals surface area contributed by atoms with Crippen LogP contribution in [0.5, 0.6) is 5.75 Å². The van der Waals surface area contributed by atoms with Crippen molar-refractivity contribution in [1.82, 2.24) is 15.1 Å². The Hall–Kier alpha value is -2.29. The van der Waals surface area contributed by atoms with Gasteiger partial charge in [-0.1, -0.05) is 11.6 Å². The summed E-state index contributed by atoms with van der Waals surface area (Å²) in [6, 6.07) is 4.69. The van der Waals surface area contributed by atoms with Crippen LogP contribution in [0.15, 0.2) is 22.6 Å². The number of hydrogen-bond acceptors (Lipinski definition) is 5. The zero-order valence-corrected chi connectivity index (χ0v) is 14.5. The van der Waals surface area contributed by atoms with Gasteiger partial charge in [-0.2, -0.15) is 13.2 Å². The van der Waals surface area contributed by atoms with Crippen LogP contribution in [-0.4, -0.2) is 41.2 Å². The minimum Gasteiger partial charge on any atom is -0.496 e. The van der Waals surface area contributed by atoms with Gasteiger partial charge in [-0.3, -0.25) is 4.79 Å². The van der Waals surface area contributed by atoms with E-state index in [1.807, 2.05) is 0 Å². The van der Waals surface area contributed by atoms with Gasteiger partial charge in [0, 0.05) is 18.1 Å². The number of alkyl halides is 3. The van der Waals surface area contributed by atoms with E-state index in [4.69, 9.17) is 20.8 Å². The van der Waals surface area contributed by atoms with E-state index < -0.39 is 18.0 Å². The lowest BCUT2D eigenvalue weighted by molar-refractivity contribution is -0.157. The van der Waals surface area contributed by atoms with Crippen LogP contribution in [0, 0.1) is 0 Å². The first-order chi connectivity index (χ1) is 12.3. The van der Waals surface area contributed by atoms with Gasteiger partial charge in [0.1, 0.15) is 5.75 Å². The summed E-state index contributed by atoms with van der Waals surface area (Å²) in [6.45, 7) is 0.638. The minimum absolute atomic E-state index is 0.118. The Balaban J connectivity index is 1.79. The molecule has 1 aliphatic heterocycles. The monoisotopic (exact) mass is 389 g/mol. The summed E-state index contributed by atoms with van der Waals surface area (Å²) < 4.78 is 47.8. The fourth-order valence-electron chi connectivity index (χ4n) is 2.89. The molecule has 140 valence electrons. The first kappa shape index (κ1) is 18.5. The fraction of sp³-hybridized carbons (Fsp3) is 0.438. The van der Waals surface area contributed by atoms with Gasteiger partial charge in [-0.25, -0.2) is 0 Å². The molecule has 1 fully saturated rings. The zero-order valence-electron chi connectivity index (χ0n) is 13.7. The van der Waals surface area contributed by atoms with Gasteiger partial charge < -0.3 is 14.1 Å². The standard InChI is InChI=1S/C16H15ClF3N3O3/c1-25-12-5-4-10(17)7-11(12)14(24)23-6-2-3-9(8-23)13-21-22-15(26-13)16(18,19)20/h4-5,7,9H,2-3,6,8H2,1H3/t9-/m1/s1. The minimum atomic E-state index is -4.69. The third kappa shape index (κ3) is 3.77. The summed E-state index contributed by atoms with van der Waals surface area (Å²) >= 11 is 5.96. The molecule has 26 heavy (non-hydrogen) atoms. The molecule has 3 rings (SSSR count). The van der Waals surface area contributed by atoms with Gasteiger partial charge in [0.2, 0.25) is 5.89 Å². The Kier molecular flexibility index (Phi) is 5.08. The van der Waals surface area contributed by atoms with Gasteiger partial charge in [0.15, 0.2) is 0 Å². The lowest BCUT2D eigenvalue weighted by Gasteiger charge is -2.31. The van der Waals surface area contributed by atoms with Gasteiger partial charge in [-0.05, 0) is 31.0 Å². The number of hydrogen-bond donors (Lipinski definition) is 0. The van der Waals surface area contributed by atoms with Crippen LogP contribution in [0.2, 0.25) is 5.02 Å². The lowest BCUT2D eigenvalue weighted by Crippen LogP contribution is -2.39. The molecule has 0 bridgehead atoms. The number of aromatic nitrogens is 2. The Morgan fingerprint density at radius 1 is 1.38 bits per heavy atom. The molecule has 2 aromatic rings. The first-order valence-corrected chi connectivity index (χ1v) is 8.21. The summed E-state index contributed by atoms with van der Waals surface area (Å²) in [7, 11) is 1.44. The lowest BCUT2D eigenvalue weighted by atomic mass is 9.97. The van der Waals surface area contributed by atoms with E-state index in [0.717, 1.165) is 0 Å². The molecule has 1 saturated heterocycles. The number of halogens is 4. The number of carbonyl (C=O) groups is 1. The number of amides is 1. The summed E-state index contributed by atoms with van der Waals surface area (Å²) in [5.41, 5.74) is 0.294. The maximum absolute atomic E-state index is 12.8. The van der Waals surface area contributed by atoms with E-state index >= 15 is 0 Å². The molecular weight excluding hydrogens is 375 g/mol. The smallest absolute Gasteiger partial charge is 0.470 e. The molecular formula is C16H15ClF3N3O3. The van der Waals surface area contributed by atoms with E-state index in [0.29, 0.717) is 35.7 Å². The highest BCUT2D eigenvalue weighted by Crippen LogP contribution is 2.33. The molecule has 1 aromatic heterocycles. The van der Waals surface area contributed by atoms with E-state index in [2.05, 4.69) is 10.2 Å². The van der Waals surface area contributed by atoms with E-state index in [1.165, 1.54) is 18.1 Å². The molecule has 1 amide bonds. The summed E-state index contributed by atoms with van der Waals surface area (Å²) in [4.78, 5) is 14.3. The molecule has 10 heteroatoms. The van der Waals surface area contributed by atoms with Crippen LogP contribution in [-0.2, 0) is 6.18 Å². The third-order valence-corrected chi connectivity index (χ3v) is 4.37. The molecule has 0 saturated carbocycles. The maximum atomic E-state index is 12.8. The van der Waals surface area contributed by atoms with Crippen molar-refractivity contribution in [1.29, 1.82) is 0 Å². The average Bonchev–Trinajstić information content (AvgIpc) is 3.12. The van der Waals surface area contributed by atoms with Crippen molar-refractivity contribution in [2.75, 3.05) is 20.2 Å². The number of likely N-dealkylation sites (tertiary alicyclic amines) is 1. The molecule has 0 unspecified atom stereocenters. The highest BCUT2D eigenvalue weighted by Gasteiger charge is 2.39. The first-order valence-electron chi connectivity index (χ1n) is 7.83. The summed E-state index contributed by atoms with van der Waals surface area (Å²) in [5.74, 6) is -1.90. The van der Waals surface area contributed by atoms with Gasteiger partial charge in [-0.15, -0.1) is 10.2 Å². The van der Waals surface area contributed by atoms with Crippen LogP contribution in [0.1, 0.15) is 40.9 Å². The van der Waals surface area contributed by atoms with Crippen molar-refractivity contribution in [3.05, 3.63) is 40.6 Å². The van der Waals surface area contributed by atoms with Crippen molar-refractivity contribution in [3.63, 3.8) is 0 Å². The second kappa shape index (κ2) is 7.14. The number of piperidine rings is 1. The van der Waals surface area contributed by atoms with Crippen molar-refractivity contribution in [2.45, 2.75) is 24.9 Å². The highest BCUT2D eigenvalue weighted by molar-refractivity contribution is 6.31.